The molecule has 4 aromatic rings. The number of aromatic nitrogens is 2. The Kier molecular flexibility index (Phi) is 14.3. The molecule has 0 bridgehead atoms. The van der Waals surface area contributed by atoms with Crippen LogP contribution in [0.5, 0.6) is 0 Å². The van der Waals surface area contributed by atoms with Crippen molar-refractivity contribution < 1.29 is 31.6 Å². The molecule has 0 unspecified atom stereocenters. The van der Waals surface area contributed by atoms with E-state index in [0.717, 1.165) is 28.3 Å². The molecule has 0 aliphatic rings. The molecule has 0 saturated heterocycles. The lowest BCUT2D eigenvalue weighted by Crippen LogP contribution is -2.24. The zero-order valence-electron chi connectivity index (χ0n) is 27.6. The van der Waals surface area contributed by atoms with Crippen LogP contribution in [0.1, 0.15) is 16.8 Å². The fourth-order valence-electron chi connectivity index (χ4n) is 4.39. The maximum atomic E-state index is 12.4. The Bertz CT molecular complexity index is 1670. The number of aryl methyl sites for hydroxylation is 2. The first-order valence-corrected chi connectivity index (χ1v) is 17.1. The normalized spacial score (nSPS) is 11.3. The summed E-state index contributed by atoms with van der Waals surface area (Å²) < 4.78 is 45.9. The van der Waals surface area contributed by atoms with Crippen molar-refractivity contribution in [2.24, 2.45) is 0 Å². The zero-order valence-corrected chi connectivity index (χ0v) is 28.4. The van der Waals surface area contributed by atoms with Gasteiger partial charge >= 0.3 is 0 Å². The van der Waals surface area contributed by atoms with E-state index in [-0.39, 0.29) is 24.0 Å². The summed E-state index contributed by atoms with van der Waals surface area (Å²) in [6.45, 7) is 6.45. The minimum atomic E-state index is -3.79. The van der Waals surface area contributed by atoms with Crippen molar-refractivity contribution in [1.29, 1.82) is 0 Å². The van der Waals surface area contributed by atoms with Gasteiger partial charge in [-0.05, 0) is 55.8 Å². The van der Waals surface area contributed by atoms with Crippen LogP contribution in [-0.2, 0) is 39.7 Å². The van der Waals surface area contributed by atoms with Gasteiger partial charge in [-0.3, -0.25) is 8.98 Å². The number of hydrogen-bond donors (Lipinski definition) is 2. The van der Waals surface area contributed by atoms with Crippen molar-refractivity contribution >= 4 is 39.2 Å². The van der Waals surface area contributed by atoms with Crippen molar-refractivity contribution in [3.8, 4) is 0 Å². The largest absolute Gasteiger partial charge is 0.377 e. The molecule has 256 valence electrons. The van der Waals surface area contributed by atoms with Crippen LogP contribution in [0.2, 0.25) is 0 Å². The minimum absolute atomic E-state index is 0.0693. The van der Waals surface area contributed by atoms with Gasteiger partial charge in [-0.15, -0.1) is 0 Å². The van der Waals surface area contributed by atoms with Crippen LogP contribution in [0.3, 0.4) is 0 Å². The van der Waals surface area contributed by atoms with Crippen molar-refractivity contribution in [3.63, 3.8) is 0 Å². The molecule has 0 radical (unpaired) electrons. The predicted molar refractivity (Wildman–Crippen MR) is 185 cm³/mol. The maximum absolute atomic E-state index is 12.4. The standard InChI is InChI=1S/C35H43N5O7S/c1-27-9-15-32(16-10-27)48(42,43)47-24-23-46-22-21-45-20-19-44-18-17-40(3)33-25-28(2)36-35(39-33)38-31-13-11-30(12-14-31)37-34(41)26-29-7-5-4-6-8-29/h4-16,25H,17-24,26H2,1-3H3,(H,37,41)(H,36,38,39). The molecule has 0 aliphatic carbocycles. The summed E-state index contributed by atoms with van der Waals surface area (Å²) in [7, 11) is -1.86. The van der Waals surface area contributed by atoms with Gasteiger partial charge in [0.15, 0.2) is 0 Å². The Labute approximate surface area is 282 Å². The molecule has 1 amide bonds. The Balaban J connectivity index is 1.07. The van der Waals surface area contributed by atoms with Crippen molar-refractivity contribution in [1.82, 2.24) is 9.97 Å². The fourth-order valence-corrected chi connectivity index (χ4v) is 5.28. The van der Waals surface area contributed by atoms with Gasteiger partial charge in [0, 0.05) is 36.7 Å². The van der Waals surface area contributed by atoms with Crippen LogP contribution in [0, 0.1) is 13.8 Å². The van der Waals surface area contributed by atoms with Crippen molar-refractivity contribution in [3.05, 3.63) is 102 Å². The summed E-state index contributed by atoms with van der Waals surface area (Å²) in [6, 6.07) is 25.4. The number of carbonyl (C=O) groups excluding carboxylic acids is 1. The minimum Gasteiger partial charge on any atom is -0.377 e. The summed E-state index contributed by atoms with van der Waals surface area (Å²) in [5.41, 5.74) is 4.25. The molecule has 0 saturated carbocycles. The SMILES string of the molecule is Cc1ccc(S(=O)(=O)OCCOCCOCCOCCN(C)c2cc(C)nc(Nc3ccc(NC(=O)Cc4ccccc4)cc3)n2)cc1. The molecule has 13 heteroatoms. The number of benzene rings is 3. The second-order valence-corrected chi connectivity index (χ2v) is 12.6. The monoisotopic (exact) mass is 677 g/mol. The van der Waals surface area contributed by atoms with E-state index in [1.807, 2.05) is 86.5 Å². The van der Waals surface area contributed by atoms with E-state index in [0.29, 0.717) is 57.6 Å². The number of likely N-dealkylation sites (N-methyl/N-ethyl adjacent to an activating group) is 1. The highest BCUT2D eigenvalue weighted by Gasteiger charge is 2.14. The number of amides is 1. The van der Waals surface area contributed by atoms with Gasteiger partial charge in [-0.2, -0.15) is 13.4 Å². The first kappa shape index (κ1) is 36.4. The highest BCUT2D eigenvalue weighted by molar-refractivity contribution is 7.86. The zero-order chi connectivity index (χ0) is 34.2. The number of nitrogens with one attached hydrogen (secondary N) is 2. The summed E-state index contributed by atoms with van der Waals surface area (Å²) >= 11 is 0. The summed E-state index contributed by atoms with van der Waals surface area (Å²) in [5.74, 6) is 1.14. The summed E-state index contributed by atoms with van der Waals surface area (Å²) in [5, 5.41) is 6.15. The van der Waals surface area contributed by atoms with Gasteiger partial charge in [-0.1, -0.05) is 48.0 Å². The van der Waals surface area contributed by atoms with Gasteiger partial charge < -0.3 is 29.7 Å². The number of hydrogen-bond acceptors (Lipinski definition) is 11. The smallest absolute Gasteiger partial charge is 0.297 e. The maximum Gasteiger partial charge on any atom is 0.297 e. The third kappa shape index (κ3) is 12.7. The van der Waals surface area contributed by atoms with E-state index in [4.69, 9.17) is 18.4 Å². The molecule has 0 fully saturated rings. The third-order valence-corrected chi connectivity index (χ3v) is 8.28. The second kappa shape index (κ2) is 18.8. The number of ether oxygens (including phenoxy) is 3. The molecule has 1 heterocycles. The van der Waals surface area contributed by atoms with Crippen LogP contribution >= 0.6 is 0 Å². The van der Waals surface area contributed by atoms with Gasteiger partial charge in [0.1, 0.15) is 5.82 Å². The second-order valence-electron chi connectivity index (χ2n) is 11.0. The molecule has 4 rings (SSSR count). The van der Waals surface area contributed by atoms with Crippen LogP contribution in [0.25, 0.3) is 0 Å². The lowest BCUT2D eigenvalue weighted by Gasteiger charge is -2.19. The summed E-state index contributed by atoms with van der Waals surface area (Å²) in [4.78, 5) is 23.6. The Morgan fingerprint density at radius 3 is 2.02 bits per heavy atom. The van der Waals surface area contributed by atoms with E-state index < -0.39 is 10.1 Å². The third-order valence-electron chi connectivity index (χ3n) is 6.95. The topological polar surface area (TPSA) is 141 Å². The summed E-state index contributed by atoms with van der Waals surface area (Å²) in [6.07, 6.45) is 0.313. The van der Waals surface area contributed by atoms with Gasteiger partial charge in [0.05, 0.1) is 57.6 Å². The Morgan fingerprint density at radius 2 is 1.35 bits per heavy atom. The quantitative estimate of drug-likeness (QED) is 0.0974. The van der Waals surface area contributed by atoms with Gasteiger partial charge in [-0.25, -0.2) is 4.98 Å². The lowest BCUT2D eigenvalue weighted by molar-refractivity contribution is -0.115. The molecule has 3 aromatic carbocycles. The predicted octanol–water partition coefficient (Wildman–Crippen LogP) is 4.91. The molecule has 0 spiro atoms. The van der Waals surface area contributed by atoms with E-state index in [1.54, 1.807) is 12.1 Å². The molecule has 12 nitrogen and oxygen atoms in total. The average molecular weight is 678 g/mol. The lowest BCUT2D eigenvalue weighted by atomic mass is 10.1. The van der Waals surface area contributed by atoms with Crippen molar-refractivity contribution in [2.75, 3.05) is 75.4 Å². The van der Waals surface area contributed by atoms with Gasteiger partial charge in [0.2, 0.25) is 11.9 Å². The average Bonchev–Trinajstić information content (AvgIpc) is 3.06. The van der Waals surface area contributed by atoms with Crippen LogP contribution in [0.15, 0.2) is 89.8 Å². The van der Waals surface area contributed by atoms with Crippen LogP contribution in [0.4, 0.5) is 23.1 Å². The first-order valence-electron chi connectivity index (χ1n) is 15.6. The number of carbonyl (C=O) groups is 1. The Morgan fingerprint density at radius 1 is 0.750 bits per heavy atom. The van der Waals surface area contributed by atoms with Crippen LogP contribution < -0.4 is 15.5 Å². The van der Waals surface area contributed by atoms with Gasteiger partial charge in [0.25, 0.3) is 10.1 Å². The van der Waals surface area contributed by atoms with Crippen LogP contribution in [-0.4, -0.2) is 84.1 Å². The highest BCUT2D eigenvalue weighted by atomic mass is 32.2. The molecule has 0 atom stereocenters. The fraction of sp³-hybridized carbons (Fsp3) is 0.343. The Hall–Kier alpha value is -4.40. The molecule has 2 N–H and O–H groups in total. The molecular formula is C35H43N5O7S. The first-order chi connectivity index (χ1) is 23.2. The highest BCUT2D eigenvalue weighted by Crippen LogP contribution is 2.20. The number of anilines is 4. The van der Waals surface area contributed by atoms with E-state index in [2.05, 4.69) is 20.6 Å². The van der Waals surface area contributed by atoms with E-state index in [9.17, 15) is 13.2 Å². The van der Waals surface area contributed by atoms with E-state index in [1.165, 1.54) is 12.1 Å². The van der Waals surface area contributed by atoms with E-state index >= 15 is 0 Å². The molecule has 48 heavy (non-hydrogen) atoms. The number of nitrogens with zero attached hydrogens (tertiary/aromatic N) is 3. The number of rotatable bonds is 20. The molecular weight excluding hydrogens is 634 g/mol. The van der Waals surface area contributed by atoms with Crippen molar-refractivity contribution in [2.45, 2.75) is 25.2 Å². The molecule has 1 aromatic heterocycles. The molecule has 0 aliphatic heterocycles.